The zero-order valence-corrected chi connectivity index (χ0v) is 11.2. The summed E-state index contributed by atoms with van der Waals surface area (Å²) in [5, 5.41) is 8.37. The molecule has 0 atom stereocenters. The van der Waals surface area contributed by atoms with Gasteiger partial charge in [0.25, 0.3) is 0 Å². The van der Waals surface area contributed by atoms with Crippen LogP contribution < -0.4 is 5.73 Å². The van der Waals surface area contributed by atoms with E-state index in [1.54, 1.807) is 7.11 Å². The molecule has 5 nitrogen and oxygen atoms in total. The summed E-state index contributed by atoms with van der Waals surface area (Å²) in [6, 6.07) is 0. The van der Waals surface area contributed by atoms with E-state index in [9.17, 15) is 0 Å². The Morgan fingerprint density at radius 2 is 2.17 bits per heavy atom. The van der Waals surface area contributed by atoms with E-state index in [4.69, 9.17) is 10.5 Å². The Morgan fingerprint density at radius 1 is 1.39 bits per heavy atom. The predicted octanol–water partition coefficient (Wildman–Crippen LogP) is 1.55. The fourth-order valence-electron chi connectivity index (χ4n) is 2.79. The van der Waals surface area contributed by atoms with Gasteiger partial charge in [0, 0.05) is 26.2 Å². The maximum Gasteiger partial charge on any atom is 0.135 e. The van der Waals surface area contributed by atoms with Crippen molar-refractivity contribution in [2.75, 3.05) is 20.3 Å². The van der Waals surface area contributed by atoms with E-state index in [-0.39, 0.29) is 0 Å². The van der Waals surface area contributed by atoms with Gasteiger partial charge in [0.15, 0.2) is 0 Å². The molecular formula is C13H24N4O. The molecule has 1 heterocycles. The molecule has 0 amide bonds. The van der Waals surface area contributed by atoms with Gasteiger partial charge in [-0.05, 0) is 44.6 Å². The first-order valence-electron chi connectivity index (χ1n) is 6.91. The minimum atomic E-state index is 0.567. The Hall–Kier alpha value is -0.940. The number of nitrogens with zero attached hydrogens (tertiary/aromatic N) is 3. The summed E-state index contributed by atoms with van der Waals surface area (Å²) >= 11 is 0. The highest BCUT2D eigenvalue weighted by atomic mass is 16.5. The molecule has 18 heavy (non-hydrogen) atoms. The molecule has 0 saturated heterocycles. The van der Waals surface area contributed by atoms with Crippen LogP contribution in [0, 0.1) is 5.92 Å². The van der Waals surface area contributed by atoms with Gasteiger partial charge in [-0.2, -0.15) is 0 Å². The lowest BCUT2D eigenvalue weighted by molar-refractivity contribution is 0.189. The van der Waals surface area contributed by atoms with Crippen LogP contribution in [0.25, 0.3) is 0 Å². The van der Waals surface area contributed by atoms with Crippen LogP contribution in [0.2, 0.25) is 0 Å². The molecule has 1 aromatic heterocycles. The van der Waals surface area contributed by atoms with Crippen LogP contribution in [0.15, 0.2) is 6.33 Å². The lowest BCUT2D eigenvalue weighted by Gasteiger charge is -2.27. The Bertz CT molecular complexity index is 345. The van der Waals surface area contributed by atoms with Gasteiger partial charge in [-0.25, -0.2) is 0 Å². The smallest absolute Gasteiger partial charge is 0.135 e. The summed E-state index contributed by atoms with van der Waals surface area (Å²) < 4.78 is 7.27. The summed E-state index contributed by atoms with van der Waals surface area (Å²) in [6.45, 7) is 2.57. The molecule has 0 bridgehead atoms. The molecular weight excluding hydrogens is 228 g/mol. The molecule has 0 aromatic carbocycles. The predicted molar refractivity (Wildman–Crippen MR) is 70.3 cm³/mol. The standard InChI is InChI=1S/C13H24N4O/c1-18-8-2-7-17-10-15-16-13(17)12-5-3-11(9-14)4-6-12/h10-12H,2-9,14H2,1H3. The maximum absolute atomic E-state index is 5.73. The van der Waals surface area contributed by atoms with Crippen molar-refractivity contribution in [3.05, 3.63) is 12.2 Å². The quantitative estimate of drug-likeness (QED) is 0.780. The molecule has 0 aliphatic heterocycles. The summed E-state index contributed by atoms with van der Waals surface area (Å²) in [6.07, 6.45) is 7.72. The molecule has 102 valence electrons. The van der Waals surface area contributed by atoms with Gasteiger partial charge in [-0.3, -0.25) is 0 Å². The highest BCUT2D eigenvalue weighted by Gasteiger charge is 2.24. The van der Waals surface area contributed by atoms with Crippen LogP contribution in [0.3, 0.4) is 0 Å². The Kier molecular flexibility index (Phi) is 5.13. The second kappa shape index (κ2) is 6.85. The lowest BCUT2D eigenvalue weighted by Crippen LogP contribution is -2.22. The van der Waals surface area contributed by atoms with Gasteiger partial charge in [-0.1, -0.05) is 0 Å². The molecule has 0 radical (unpaired) electrons. The van der Waals surface area contributed by atoms with Crippen LogP contribution in [0.4, 0.5) is 0 Å². The fraction of sp³-hybridized carbons (Fsp3) is 0.846. The van der Waals surface area contributed by atoms with Crippen LogP contribution in [0.5, 0.6) is 0 Å². The number of nitrogens with two attached hydrogens (primary N) is 1. The van der Waals surface area contributed by atoms with Gasteiger partial charge >= 0.3 is 0 Å². The molecule has 1 aromatic rings. The molecule has 2 N–H and O–H groups in total. The second-order valence-electron chi connectivity index (χ2n) is 5.18. The molecule has 1 saturated carbocycles. The summed E-state index contributed by atoms with van der Waals surface area (Å²) in [5.41, 5.74) is 5.73. The number of aromatic nitrogens is 3. The van der Waals surface area contributed by atoms with Crippen LogP contribution in [0.1, 0.15) is 43.8 Å². The van der Waals surface area contributed by atoms with Gasteiger partial charge < -0.3 is 15.0 Å². The van der Waals surface area contributed by atoms with Gasteiger partial charge in [0.1, 0.15) is 12.2 Å². The number of ether oxygens (including phenoxy) is 1. The third-order valence-electron chi connectivity index (χ3n) is 3.94. The van der Waals surface area contributed by atoms with Gasteiger partial charge in [-0.15, -0.1) is 10.2 Å². The zero-order chi connectivity index (χ0) is 12.8. The van der Waals surface area contributed by atoms with E-state index in [1.165, 1.54) is 25.7 Å². The SMILES string of the molecule is COCCCn1cnnc1C1CCC(CN)CC1. The van der Waals surface area contributed by atoms with Crippen molar-refractivity contribution >= 4 is 0 Å². The third kappa shape index (κ3) is 3.29. The molecule has 2 rings (SSSR count). The second-order valence-corrected chi connectivity index (χ2v) is 5.18. The van der Waals surface area contributed by atoms with Crippen LogP contribution >= 0.6 is 0 Å². The molecule has 1 aliphatic rings. The topological polar surface area (TPSA) is 66.0 Å². The van der Waals surface area contributed by atoms with Crippen molar-refractivity contribution in [1.29, 1.82) is 0 Å². The number of hydrogen-bond donors (Lipinski definition) is 1. The van der Waals surface area contributed by atoms with Crippen molar-refractivity contribution in [3.8, 4) is 0 Å². The largest absolute Gasteiger partial charge is 0.385 e. The molecule has 0 unspecified atom stereocenters. The first kappa shape index (κ1) is 13.5. The Morgan fingerprint density at radius 3 is 2.83 bits per heavy atom. The fourth-order valence-corrected chi connectivity index (χ4v) is 2.79. The lowest BCUT2D eigenvalue weighted by atomic mass is 9.81. The number of methoxy groups -OCH3 is 1. The molecule has 5 heteroatoms. The van der Waals surface area contributed by atoms with Crippen LogP contribution in [-0.2, 0) is 11.3 Å². The first-order chi connectivity index (χ1) is 8.85. The number of hydrogen-bond acceptors (Lipinski definition) is 4. The van der Waals surface area contributed by atoms with Crippen molar-refractivity contribution in [1.82, 2.24) is 14.8 Å². The maximum atomic E-state index is 5.73. The van der Waals surface area contributed by atoms with Crippen molar-refractivity contribution in [3.63, 3.8) is 0 Å². The van der Waals surface area contributed by atoms with E-state index < -0.39 is 0 Å². The number of aryl methyl sites for hydroxylation is 1. The molecule has 1 aliphatic carbocycles. The Balaban J connectivity index is 1.90. The zero-order valence-electron chi connectivity index (χ0n) is 11.2. The van der Waals surface area contributed by atoms with Gasteiger partial charge in [0.2, 0.25) is 0 Å². The van der Waals surface area contributed by atoms with E-state index in [0.717, 1.165) is 31.9 Å². The van der Waals surface area contributed by atoms with Crippen LogP contribution in [-0.4, -0.2) is 35.0 Å². The minimum absolute atomic E-state index is 0.567. The van der Waals surface area contributed by atoms with E-state index in [0.29, 0.717) is 11.8 Å². The van der Waals surface area contributed by atoms with Gasteiger partial charge in [0.05, 0.1) is 0 Å². The highest BCUT2D eigenvalue weighted by Crippen LogP contribution is 2.34. The highest BCUT2D eigenvalue weighted by molar-refractivity contribution is 4.98. The Labute approximate surface area is 109 Å². The van der Waals surface area contributed by atoms with E-state index >= 15 is 0 Å². The normalized spacial score (nSPS) is 24.3. The minimum Gasteiger partial charge on any atom is -0.385 e. The average Bonchev–Trinajstić information content (AvgIpc) is 2.88. The third-order valence-corrected chi connectivity index (χ3v) is 3.94. The summed E-state index contributed by atoms with van der Waals surface area (Å²) in [5.74, 6) is 2.44. The monoisotopic (exact) mass is 252 g/mol. The molecule has 1 fully saturated rings. The van der Waals surface area contributed by atoms with E-state index in [2.05, 4.69) is 14.8 Å². The number of rotatable bonds is 6. The summed E-state index contributed by atoms with van der Waals surface area (Å²) in [7, 11) is 1.74. The van der Waals surface area contributed by atoms with Crippen molar-refractivity contribution in [2.45, 2.75) is 44.6 Å². The molecule has 0 spiro atoms. The van der Waals surface area contributed by atoms with Crippen molar-refractivity contribution < 1.29 is 4.74 Å². The summed E-state index contributed by atoms with van der Waals surface area (Å²) in [4.78, 5) is 0. The van der Waals surface area contributed by atoms with Crippen molar-refractivity contribution in [2.24, 2.45) is 11.7 Å². The average molecular weight is 252 g/mol. The van der Waals surface area contributed by atoms with E-state index in [1.807, 2.05) is 6.33 Å². The first-order valence-corrected chi connectivity index (χ1v) is 6.91.